The second-order valence-corrected chi connectivity index (χ2v) is 11.1. The highest BCUT2D eigenvalue weighted by Gasteiger charge is 2.32. The number of carbonyl (C=O) groups excluding carboxylic acids is 3. The third kappa shape index (κ3) is 5.96. The van der Waals surface area contributed by atoms with Gasteiger partial charge in [0.25, 0.3) is 6.47 Å². The maximum atomic E-state index is 13.5. The number of nitrogens with zero attached hydrogens (tertiary/aromatic N) is 3. The highest BCUT2D eigenvalue weighted by Crippen LogP contribution is 2.33. The van der Waals surface area contributed by atoms with Crippen LogP contribution in [0.15, 0.2) is 52.5 Å². The molecule has 1 atom stereocenters. The minimum absolute atomic E-state index is 0.0356. The molecule has 11 heteroatoms. The number of ketones is 1. The van der Waals surface area contributed by atoms with Crippen molar-refractivity contribution in [3.63, 3.8) is 0 Å². The van der Waals surface area contributed by atoms with Crippen molar-refractivity contribution >= 4 is 29.8 Å². The second-order valence-electron chi connectivity index (χ2n) is 11.1. The van der Waals surface area contributed by atoms with Crippen molar-refractivity contribution in [2.75, 3.05) is 50.6 Å². The maximum absolute atomic E-state index is 13.5. The molecular formula is C31H37N5O6. The average Bonchev–Trinajstić information content (AvgIpc) is 3.13. The Morgan fingerprint density at radius 2 is 1.81 bits per heavy atom. The number of ether oxygens (including phenoxy) is 2. The summed E-state index contributed by atoms with van der Waals surface area (Å²) in [6.45, 7) is 4.05. The smallest absolute Gasteiger partial charge is 0.322 e. The summed E-state index contributed by atoms with van der Waals surface area (Å²) in [6, 6.07) is 6.20. The minimum Gasteiger partial charge on any atom is -0.426 e. The number of anilines is 2. The van der Waals surface area contributed by atoms with Crippen molar-refractivity contribution in [2.45, 2.75) is 44.8 Å². The Morgan fingerprint density at radius 3 is 2.50 bits per heavy atom. The van der Waals surface area contributed by atoms with Crippen LogP contribution in [0, 0.1) is 6.92 Å². The van der Waals surface area contributed by atoms with Crippen LogP contribution < -0.4 is 25.4 Å². The number of rotatable bonds is 8. The van der Waals surface area contributed by atoms with Crippen LogP contribution in [-0.2, 0) is 9.53 Å². The van der Waals surface area contributed by atoms with E-state index in [4.69, 9.17) is 9.47 Å². The molecule has 1 unspecified atom stereocenters. The van der Waals surface area contributed by atoms with Crippen LogP contribution in [0.25, 0.3) is 0 Å². The molecule has 1 aliphatic carbocycles. The van der Waals surface area contributed by atoms with Gasteiger partial charge in [0.2, 0.25) is 5.56 Å². The van der Waals surface area contributed by atoms with Crippen molar-refractivity contribution in [3.8, 4) is 5.75 Å². The standard InChI is InChI=1S/C31H37N5O6/c1-19-13-21(15-26(42-18-37)29(19)34(2)3)30(39)22-16-27(33-28(38)17-22)35-10-8-23(9-11-35)36-12-7-20-14-24(41-4)5-6-25(20)32-31(36)40/h5-6,13,15-18,23-24H,7-12,14H2,1-4H3,(H,32,40)(H,33,38). The number of H-pyrrole nitrogens is 1. The third-order valence-corrected chi connectivity index (χ3v) is 8.25. The van der Waals surface area contributed by atoms with Gasteiger partial charge >= 0.3 is 6.03 Å². The number of hydrogen-bond donors (Lipinski definition) is 2. The number of piperidine rings is 1. The van der Waals surface area contributed by atoms with Gasteiger partial charge in [0, 0.05) is 76.2 Å². The number of allylic oxidation sites excluding steroid dienone is 1. The Bertz CT molecular complexity index is 1500. The first-order chi connectivity index (χ1) is 20.2. The topological polar surface area (TPSA) is 124 Å². The van der Waals surface area contributed by atoms with Crippen molar-refractivity contribution in [1.82, 2.24) is 15.2 Å². The van der Waals surface area contributed by atoms with Crippen LogP contribution in [-0.4, -0.2) is 81.2 Å². The van der Waals surface area contributed by atoms with E-state index < -0.39 is 0 Å². The van der Waals surface area contributed by atoms with E-state index in [1.165, 1.54) is 17.7 Å². The number of urea groups is 1. The van der Waals surface area contributed by atoms with Gasteiger partial charge in [-0.15, -0.1) is 0 Å². The fourth-order valence-corrected chi connectivity index (χ4v) is 6.17. The fraction of sp³-hybridized carbons (Fsp3) is 0.419. The zero-order valence-corrected chi connectivity index (χ0v) is 24.4. The Balaban J connectivity index is 1.28. The minimum atomic E-state index is -0.380. The highest BCUT2D eigenvalue weighted by atomic mass is 16.5. The van der Waals surface area contributed by atoms with E-state index in [2.05, 4.69) is 10.3 Å². The second kappa shape index (κ2) is 12.2. The Hall–Kier alpha value is -4.38. The Kier molecular flexibility index (Phi) is 8.49. The molecule has 5 rings (SSSR count). The molecule has 0 bridgehead atoms. The molecule has 3 aliphatic rings. The van der Waals surface area contributed by atoms with Crippen LogP contribution >= 0.6 is 0 Å². The number of carbonyl (C=O) groups is 3. The third-order valence-electron chi connectivity index (χ3n) is 8.25. The van der Waals surface area contributed by atoms with E-state index in [9.17, 15) is 19.2 Å². The van der Waals surface area contributed by atoms with Gasteiger partial charge < -0.3 is 34.5 Å². The molecule has 1 saturated heterocycles. The molecule has 2 amide bonds. The molecule has 0 radical (unpaired) electrons. The van der Waals surface area contributed by atoms with Crippen LogP contribution in [0.3, 0.4) is 0 Å². The lowest BCUT2D eigenvalue weighted by atomic mass is 9.97. The molecule has 0 saturated carbocycles. The molecule has 1 fully saturated rings. The summed E-state index contributed by atoms with van der Waals surface area (Å²) in [5, 5.41) is 3.08. The number of hydrogen-bond acceptors (Lipinski definition) is 8. The summed E-state index contributed by atoms with van der Waals surface area (Å²) in [5.74, 6) is 0.487. The lowest BCUT2D eigenvalue weighted by Gasteiger charge is -2.38. The highest BCUT2D eigenvalue weighted by molar-refractivity contribution is 6.10. The number of methoxy groups -OCH3 is 1. The monoisotopic (exact) mass is 575 g/mol. The largest absolute Gasteiger partial charge is 0.426 e. The molecular weight excluding hydrogens is 538 g/mol. The van der Waals surface area contributed by atoms with Crippen LogP contribution in [0.2, 0.25) is 0 Å². The average molecular weight is 576 g/mol. The van der Waals surface area contributed by atoms with Crippen LogP contribution in [0.5, 0.6) is 5.75 Å². The summed E-state index contributed by atoms with van der Waals surface area (Å²) < 4.78 is 10.6. The predicted octanol–water partition coefficient (Wildman–Crippen LogP) is 3.13. The normalized spacial score (nSPS) is 19.2. The van der Waals surface area contributed by atoms with Crippen LogP contribution in [0.4, 0.5) is 16.3 Å². The summed E-state index contributed by atoms with van der Waals surface area (Å²) >= 11 is 0. The number of amides is 2. The lowest BCUT2D eigenvalue weighted by Crippen LogP contribution is -2.50. The lowest BCUT2D eigenvalue weighted by molar-refractivity contribution is -0.120. The van der Waals surface area contributed by atoms with Crippen molar-refractivity contribution < 1.29 is 23.9 Å². The zero-order chi connectivity index (χ0) is 30.0. The number of aromatic nitrogens is 1. The van der Waals surface area contributed by atoms with E-state index in [1.807, 2.05) is 47.9 Å². The number of aryl methyl sites for hydroxylation is 1. The summed E-state index contributed by atoms with van der Waals surface area (Å²) in [5.41, 5.74) is 3.72. The first-order valence-corrected chi connectivity index (χ1v) is 14.2. The Morgan fingerprint density at radius 1 is 1.07 bits per heavy atom. The van der Waals surface area contributed by atoms with Gasteiger partial charge in [0.05, 0.1) is 11.8 Å². The van der Waals surface area contributed by atoms with E-state index in [-0.39, 0.29) is 40.8 Å². The quantitative estimate of drug-likeness (QED) is 0.364. The SMILES string of the molecule is COC1C=CC2=C(CCN(C3CCN(c4cc(C(=O)c5cc(C)c(N(C)C)c(OC=O)c5)cc(=O)[nH]4)CC3)C(=O)N2)C1. The number of aromatic amines is 1. The van der Waals surface area contributed by atoms with E-state index >= 15 is 0 Å². The van der Waals surface area contributed by atoms with Gasteiger partial charge in [-0.1, -0.05) is 6.08 Å². The number of nitrogens with one attached hydrogen (secondary N) is 2. The van der Waals surface area contributed by atoms with Gasteiger partial charge in [0.1, 0.15) is 5.82 Å². The van der Waals surface area contributed by atoms with Crippen molar-refractivity contribution in [2.24, 2.45) is 0 Å². The number of benzene rings is 1. The fourth-order valence-electron chi connectivity index (χ4n) is 6.17. The molecule has 1 aromatic heterocycles. The Labute approximate surface area is 244 Å². The van der Waals surface area contributed by atoms with E-state index in [1.54, 1.807) is 19.2 Å². The van der Waals surface area contributed by atoms with E-state index in [0.29, 0.717) is 43.2 Å². The summed E-state index contributed by atoms with van der Waals surface area (Å²) in [7, 11) is 5.34. The van der Waals surface area contributed by atoms with Gasteiger partial charge in [0.15, 0.2) is 11.5 Å². The number of pyridine rings is 1. The molecule has 3 heterocycles. The molecule has 222 valence electrons. The molecule has 1 aromatic carbocycles. The molecule has 2 N–H and O–H groups in total. The van der Waals surface area contributed by atoms with E-state index in [0.717, 1.165) is 36.9 Å². The van der Waals surface area contributed by atoms with Gasteiger partial charge in [-0.3, -0.25) is 14.4 Å². The molecule has 2 aliphatic heterocycles. The summed E-state index contributed by atoms with van der Waals surface area (Å²) in [4.78, 5) is 59.0. The predicted molar refractivity (Wildman–Crippen MR) is 159 cm³/mol. The maximum Gasteiger partial charge on any atom is 0.322 e. The molecule has 2 aromatic rings. The zero-order valence-electron chi connectivity index (χ0n) is 24.4. The van der Waals surface area contributed by atoms with Crippen LogP contribution in [0.1, 0.15) is 47.2 Å². The van der Waals surface area contributed by atoms with Gasteiger partial charge in [-0.2, -0.15) is 0 Å². The molecule has 42 heavy (non-hydrogen) atoms. The van der Waals surface area contributed by atoms with Gasteiger partial charge in [-0.05, 0) is 61.6 Å². The van der Waals surface area contributed by atoms with Crippen molar-refractivity contribution in [1.29, 1.82) is 0 Å². The molecule has 0 spiro atoms. The first-order valence-electron chi connectivity index (χ1n) is 14.2. The van der Waals surface area contributed by atoms with Crippen molar-refractivity contribution in [3.05, 3.63) is 74.7 Å². The van der Waals surface area contributed by atoms with Gasteiger partial charge in [-0.25, -0.2) is 4.79 Å². The molecule has 11 nitrogen and oxygen atoms in total. The summed E-state index contributed by atoms with van der Waals surface area (Å²) in [6.07, 6.45) is 6.99. The first kappa shape index (κ1) is 29.1.